The number of rotatable bonds is 7. The molecule has 0 saturated heterocycles. The van der Waals surface area contributed by atoms with E-state index in [-0.39, 0.29) is 28.6 Å². The molecule has 0 spiro atoms. The molecule has 1 aliphatic rings. The minimum absolute atomic E-state index is 0.0308. The van der Waals surface area contributed by atoms with Gasteiger partial charge in [0.15, 0.2) is 5.82 Å². The standard InChI is InChI=1S/C19H17FN4O4S/c20-15-6-1-2-7-16(15)24-29(26,27)14-5-3-4-13(10-14)19(25)21-11-17-22-18(23-28-17)12-8-9-12/h1-7,10,12,24H,8-9,11H2,(H,21,25). The lowest BCUT2D eigenvalue weighted by Gasteiger charge is -2.10. The average Bonchev–Trinajstić information content (AvgIpc) is 3.46. The molecule has 0 atom stereocenters. The molecule has 1 aliphatic carbocycles. The van der Waals surface area contributed by atoms with Gasteiger partial charge in [-0.1, -0.05) is 23.4 Å². The highest BCUT2D eigenvalue weighted by atomic mass is 32.2. The van der Waals surface area contributed by atoms with Gasteiger partial charge in [-0.2, -0.15) is 4.98 Å². The lowest BCUT2D eigenvalue weighted by Crippen LogP contribution is -2.23. The van der Waals surface area contributed by atoms with Crippen molar-refractivity contribution in [1.82, 2.24) is 15.5 Å². The summed E-state index contributed by atoms with van der Waals surface area (Å²) in [7, 11) is -4.07. The van der Waals surface area contributed by atoms with Crippen LogP contribution < -0.4 is 10.0 Å². The fourth-order valence-corrected chi connectivity index (χ4v) is 3.77. The number of nitrogens with one attached hydrogen (secondary N) is 2. The molecular formula is C19H17FN4O4S. The van der Waals surface area contributed by atoms with Crippen molar-refractivity contribution in [2.75, 3.05) is 4.72 Å². The molecule has 29 heavy (non-hydrogen) atoms. The fourth-order valence-electron chi connectivity index (χ4n) is 2.66. The van der Waals surface area contributed by atoms with E-state index >= 15 is 0 Å². The fraction of sp³-hybridized carbons (Fsp3) is 0.211. The van der Waals surface area contributed by atoms with E-state index in [0.29, 0.717) is 11.7 Å². The van der Waals surface area contributed by atoms with Crippen LogP contribution in [-0.4, -0.2) is 24.5 Å². The third-order valence-electron chi connectivity index (χ3n) is 4.35. The number of benzene rings is 2. The number of hydrogen-bond acceptors (Lipinski definition) is 6. The smallest absolute Gasteiger partial charge is 0.262 e. The molecule has 1 heterocycles. The highest BCUT2D eigenvalue weighted by Crippen LogP contribution is 2.38. The second-order valence-electron chi connectivity index (χ2n) is 6.62. The largest absolute Gasteiger partial charge is 0.343 e. The first-order valence-corrected chi connectivity index (χ1v) is 10.4. The van der Waals surface area contributed by atoms with Crippen LogP contribution in [-0.2, 0) is 16.6 Å². The number of para-hydroxylation sites is 1. The predicted octanol–water partition coefficient (Wildman–Crippen LogP) is 2.82. The van der Waals surface area contributed by atoms with Gasteiger partial charge in [0.1, 0.15) is 5.82 Å². The summed E-state index contributed by atoms with van der Waals surface area (Å²) in [6.45, 7) is 0.0308. The van der Waals surface area contributed by atoms with Crippen molar-refractivity contribution < 1.29 is 22.1 Å². The number of carbonyl (C=O) groups excluding carboxylic acids is 1. The number of halogens is 1. The topological polar surface area (TPSA) is 114 Å². The van der Waals surface area contributed by atoms with Gasteiger partial charge in [-0.25, -0.2) is 12.8 Å². The quantitative estimate of drug-likeness (QED) is 0.612. The maximum atomic E-state index is 13.7. The third-order valence-corrected chi connectivity index (χ3v) is 5.71. The molecule has 1 saturated carbocycles. The molecular weight excluding hydrogens is 399 g/mol. The number of amides is 1. The van der Waals surface area contributed by atoms with Crippen molar-refractivity contribution in [1.29, 1.82) is 0 Å². The Hall–Kier alpha value is -3.27. The van der Waals surface area contributed by atoms with Gasteiger partial charge in [0.05, 0.1) is 17.1 Å². The van der Waals surface area contributed by atoms with Gasteiger partial charge in [0.25, 0.3) is 15.9 Å². The molecule has 1 fully saturated rings. The Morgan fingerprint density at radius 3 is 2.72 bits per heavy atom. The van der Waals surface area contributed by atoms with E-state index in [1.165, 1.54) is 42.5 Å². The SMILES string of the molecule is O=C(NCc1nc(C2CC2)no1)c1cccc(S(=O)(=O)Nc2ccccc2F)c1. The first-order chi connectivity index (χ1) is 13.9. The maximum Gasteiger partial charge on any atom is 0.262 e. The normalized spacial score (nSPS) is 13.8. The van der Waals surface area contributed by atoms with E-state index in [1.54, 1.807) is 0 Å². The lowest BCUT2D eigenvalue weighted by molar-refractivity contribution is 0.0946. The number of hydrogen-bond donors (Lipinski definition) is 2. The Labute approximate surface area is 166 Å². The van der Waals surface area contributed by atoms with Crippen molar-refractivity contribution in [3.63, 3.8) is 0 Å². The van der Waals surface area contributed by atoms with Crippen molar-refractivity contribution in [3.8, 4) is 0 Å². The summed E-state index contributed by atoms with van der Waals surface area (Å²) in [5, 5.41) is 6.48. The van der Waals surface area contributed by atoms with Crippen LogP contribution in [0, 0.1) is 5.82 Å². The van der Waals surface area contributed by atoms with Gasteiger partial charge in [-0.15, -0.1) is 0 Å². The summed E-state index contributed by atoms with van der Waals surface area (Å²) in [4.78, 5) is 16.4. The van der Waals surface area contributed by atoms with Gasteiger partial charge in [-0.05, 0) is 43.2 Å². The van der Waals surface area contributed by atoms with Crippen LogP contribution in [0.5, 0.6) is 0 Å². The predicted molar refractivity (Wildman–Crippen MR) is 101 cm³/mol. The zero-order valence-corrected chi connectivity index (χ0v) is 15.9. The highest BCUT2D eigenvalue weighted by molar-refractivity contribution is 7.92. The molecule has 4 rings (SSSR count). The first-order valence-electron chi connectivity index (χ1n) is 8.90. The second-order valence-corrected chi connectivity index (χ2v) is 8.30. The van der Waals surface area contributed by atoms with Crippen LogP contribution in [0.15, 0.2) is 57.9 Å². The first kappa shape index (κ1) is 19.1. The number of anilines is 1. The molecule has 8 nitrogen and oxygen atoms in total. The lowest BCUT2D eigenvalue weighted by atomic mass is 10.2. The van der Waals surface area contributed by atoms with Crippen molar-refractivity contribution in [2.45, 2.75) is 30.2 Å². The number of carbonyl (C=O) groups is 1. The molecule has 0 aliphatic heterocycles. The molecule has 0 unspecified atom stereocenters. The van der Waals surface area contributed by atoms with Crippen molar-refractivity contribution in [2.24, 2.45) is 0 Å². The van der Waals surface area contributed by atoms with E-state index in [4.69, 9.17) is 4.52 Å². The summed E-state index contributed by atoms with van der Waals surface area (Å²) in [6.07, 6.45) is 2.07. The minimum Gasteiger partial charge on any atom is -0.343 e. The van der Waals surface area contributed by atoms with Crippen LogP contribution in [0.2, 0.25) is 0 Å². The Kier molecular flexibility index (Phi) is 5.01. The zero-order valence-electron chi connectivity index (χ0n) is 15.1. The van der Waals surface area contributed by atoms with Gasteiger partial charge in [-0.3, -0.25) is 9.52 Å². The average molecular weight is 416 g/mol. The molecule has 0 radical (unpaired) electrons. The van der Waals surface area contributed by atoms with E-state index in [9.17, 15) is 17.6 Å². The van der Waals surface area contributed by atoms with Crippen molar-refractivity contribution >= 4 is 21.6 Å². The molecule has 0 bridgehead atoms. The Bertz CT molecular complexity index is 1160. The summed E-state index contributed by atoms with van der Waals surface area (Å²) < 4.78 is 46.1. The molecule has 3 aromatic rings. The van der Waals surface area contributed by atoms with Crippen LogP contribution in [0.1, 0.15) is 40.8 Å². The second kappa shape index (κ2) is 7.63. The number of sulfonamides is 1. The van der Waals surface area contributed by atoms with E-state index < -0.39 is 21.7 Å². The minimum atomic E-state index is -4.07. The van der Waals surface area contributed by atoms with Gasteiger partial charge in [0.2, 0.25) is 5.89 Å². The van der Waals surface area contributed by atoms with Crippen molar-refractivity contribution in [3.05, 3.63) is 71.6 Å². The van der Waals surface area contributed by atoms with Gasteiger partial charge in [0, 0.05) is 11.5 Å². The molecule has 2 N–H and O–H groups in total. The van der Waals surface area contributed by atoms with Crippen LogP contribution in [0.3, 0.4) is 0 Å². The van der Waals surface area contributed by atoms with E-state index in [2.05, 4.69) is 20.2 Å². The van der Waals surface area contributed by atoms with Crippen LogP contribution in [0.4, 0.5) is 10.1 Å². The number of aromatic nitrogens is 2. The summed E-state index contributed by atoms with van der Waals surface area (Å²) in [5.41, 5.74) is -0.0476. The molecule has 1 amide bonds. The number of nitrogens with zero attached hydrogens (tertiary/aromatic N) is 2. The van der Waals surface area contributed by atoms with Gasteiger partial charge >= 0.3 is 0 Å². The van der Waals surface area contributed by atoms with Crippen LogP contribution >= 0.6 is 0 Å². The zero-order chi connectivity index (χ0) is 20.4. The summed E-state index contributed by atoms with van der Waals surface area (Å²) in [6, 6.07) is 10.9. The molecule has 1 aromatic heterocycles. The Morgan fingerprint density at radius 1 is 1.17 bits per heavy atom. The summed E-state index contributed by atoms with van der Waals surface area (Å²) in [5.74, 6) is 0.0630. The third kappa shape index (κ3) is 4.43. The summed E-state index contributed by atoms with van der Waals surface area (Å²) >= 11 is 0. The molecule has 150 valence electrons. The van der Waals surface area contributed by atoms with E-state index in [1.807, 2.05) is 0 Å². The van der Waals surface area contributed by atoms with E-state index in [0.717, 1.165) is 18.9 Å². The maximum absolute atomic E-state index is 13.7. The molecule has 2 aromatic carbocycles. The Balaban J connectivity index is 1.45. The van der Waals surface area contributed by atoms with Gasteiger partial charge < -0.3 is 9.84 Å². The van der Waals surface area contributed by atoms with Crippen LogP contribution in [0.25, 0.3) is 0 Å². The monoisotopic (exact) mass is 416 g/mol. The highest BCUT2D eigenvalue weighted by Gasteiger charge is 2.28. The molecule has 10 heteroatoms. The Morgan fingerprint density at radius 2 is 1.97 bits per heavy atom.